The molecule has 0 aromatic heterocycles. The van der Waals surface area contributed by atoms with E-state index in [1.54, 1.807) is 18.2 Å². The summed E-state index contributed by atoms with van der Waals surface area (Å²) in [5.74, 6) is 0.195. The Balaban J connectivity index is 1.71. The predicted molar refractivity (Wildman–Crippen MR) is 130 cm³/mol. The van der Waals surface area contributed by atoms with Gasteiger partial charge in [-0.05, 0) is 78.9 Å². The van der Waals surface area contributed by atoms with E-state index in [0.717, 1.165) is 11.1 Å². The van der Waals surface area contributed by atoms with E-state index in [1.165, 1.54) is 0 Å². The van der Waals surface area contributed by atoms with Crippen LogP contribution < -0.4 is 10.1 Å². The van der Waals surface area contributed by atoms with Gasteiger partial charge in [-0.15, -0.1) is 0 Å². The lowest BCUT2D eigenvalue weighted by molar-refractivity contribution is -0.117. The maximum atomic E-state index is 12.4. The Hall–Kier alpha value is -2.59. The normalized spacial score (nSPS) is 11.0. The fraction of sp³-hybridized carbons (Fsp3) is 0.0833. The number of hydrogen-bond acceptors (Lipinski definition) is 3. The highest BCUT2D eigenvalue weighted by molar-refractivity contribution is 9.11. The molecule has 3 rings (SSSR count). The third-order valence-electron chi connectivity index (χ3n) is 4.29. The van der Waals surface area contributed by atoms with E-state index in [1.807, 2.05) is 60.7 Å². The summed E-state index contributed by atoms with van der Waals surface area (Å²) in [6.45, 7) is 0.721. The number of rotatable bonds is 7. The third kappa shape index (κ3) is 6.70. The van der Waals surface area contributed by atoms with Gasteiger partial charge in [-0.25, -0.2) is 0 Å². The molecule has 0 saturated carbocycles. The Bertz CT molecular complexity index is 1120. The Morgan fingerprint density at radius 1 is 1.03 bits per heavy atom. The smallest absolute Gasteiger partial charge is 0.262 e. The predicted octanol–water partition coefficient (Wildman–Crippen LogP) is 6.67. The fourth-order valence-corrected chi connectivity index (χ4v) is 4.30. The molecule has 4 nitrogen and oxygen atoms in total. The van der Waals surface area contributed by atoms with Crippen LogP contribution >= 0.6 is 43.5 Å². The van der Waals surface area contributed by atoms with Crippen molar-refractivity contribution in [1.82, 2.24) is 5.32 Å². The first-order chi connectivity index (χ1) is 15.0. The molecule has 0 aliphatic rings. The summed E-state index contributed by atoms with van der Waals surface area (Å²) in [5, 5.41) is 12.9. The van der Waals surface area contributed by atoms with Crippen LogP contribution in [0.1, 0.15) is 16.7 Å². The molecule has 1 N–H and O–H groups in total. The first kappa shape index (κ1) is 23.1. The second kappa shape index (κ2) is 11.1. The van der Waals surface area contributed by atoms with Crippen LogP contribution in [0.3, 0.4) is 0 Å². The number of nitrogens with one attached hydrogen (secondary N) is 1. The number of benzene rings is 3. The van der Waals surface area contributed by atoms with Crippen molar-refractivity contribution in [3.8, 4) is 11.8 Å². The van der Waals surface area contributed by atoms with Crippen molar-refractivity contribution < 1.29 is 9.53 Å². The number of hydrogen-bond donors (Lipinski definition) is 1. The highest BCUT2D eigenvalue weighted by Gasteiger charge is 2.12. The van der Waals surface area contributed by atoms with Crippen LogP contribution in [0, 0.1) is 11.3 Å². The fourth-order valence-electron chi connectivity index (χ4n) is 2.73. The average molecular weight is 561 g/mol. The number of halogens is 3. The van der Waals surface area contributed by atoms with Crippen molar-refractivity contribution in [3.63, 3.8) is 0 Å². The zero-order valence-electron chi connectivity index (χ0n) is 16.2. The quantitative estimate of drug-likeness (QED) is 0.259. The second-order valence-corrected chi connectivity index (χ2v) is 8.71. The maximum Gasteiger partial charge on any atom is 0.262 e. The first-order valence-corrected chi connectivity index (χ1v) is 11.2. The Morgan fingerprint density at radius 2 is 1.68 bits per heavy atom. The molecular formula is C24H17Br2ClN2O2. The summed E-state index contributed by atoms with van der Waals surface area (Å²) in [4.78, 5) is 12.4. The first-order valence-electron chi connectivity index (χ1n) is 9.26. The van der Waals surface area contributed by atoms with Gasteiger partial charge in [0.05, 0.1) is 8.95 Å². The van der Waals surface area contributed by atoms with Crippen LogP contribution in [0.5, 0.6) is 5.75 Å². The van der Waals surface area contributed by atoms with Crippen molar-refractivity contribution >= 4 is 55.4 Å². The third-order valence-corrected chi connectivity index (χ3v) is 5.72. The van der Waals surface area contributed by atoms with E-state index in [2.05, 4.69) is 37.2 Å². The van der Waals surface area contributed by atoms with Crippen molar-refractivity contribution in [2.75, 3.05) is 0 Å². The molecule has 31 heavy (non-hydrogen) atoms. The van der Waals surface area contributed by atoms with Gasteiger partial charge < -0.3 is 10.1 Å². The average Bonchev–Trinajstić information content (AvgIpc) is 2.77. The summed E-state index contributed by atoms with van der Waals surface area (Å²) >= 11 is 12.9. The number of ether oxygens (including phenoxy) is 1. The molecule has 3 aromatic rings. The minimum atomic E-state index is -0.429. The highest BCUT2D eigenvalue weighted by Crippen LogP contribution is 2.36. The van der Waals surface area contributed by atoms with Crippen LogP contribution in [0.25, 0.3) is 6.08 Å². The van der Waals surface area contributed by atoms with Crippen LogP contribution in [-0.4, -0.2) is 5.91 Å². The van der Waals surface area contributed by atoms with Crippen molar-refractivity contribution in [1.29, 1.82) is 5.26 Å². The summed E-state index contributed by atoms with van der Waals surface area (Å²) < 4.78 is 7.31. The van der Waals surface area contributed by atoms with Crippen LogP contribution in [0.4, 0.5) is 0 Å². The minimum Gasteiger partial charge on any atom is -0.487 e. The lowest BCUT2D eigenvalue weighted by atomic mass is 10.1. The van der Waals surface area contributed by atoms with E-state index in [-0.39, 0.29) is 5.57 Å². The minimum absolute atomic E-state index is 0.0181. The molecule has 0 aliphatic carbocycles. The largest absolute Gasteiger partial charge is 0.487 e. The Morgan fingerprint density at radius 3 is 2.29 bits per heavy atom. The van der Waals surface area contributed by atoms with Crippen molar-refractivity contribution in [3.05, 3.63) is 103 Å². The molecule has 0 heterocycles. The molecule has 0 aliphatic heterocycles. The van der Waals surface area contributed by atoms with Gasteiger partial charge in [-0.2, -0.15) is 5.26 Å². The highest BCUT2D eigenvalue weighted by atomic mass is 79.9. The van der Waals surface area contributed by atoms with E-state index in [0.29, 0.717) is 38.4 Å². The number of carbonyl (C=O) groups excluding carboxylic acids is 1. The van der Waals surface area contributed by atoms with E-state index < -0.39 is 5.91 Å². The van der Waals surface area contributed by atoms with E-state index in [4.69, 9.17) is 16.3 Å². The summed E-state index contributed by atoms with van der Waals surface area (Å²) in [6.07, 6.45) is 1.54. The topological polar surface area (TPSA) is 62.1 Å². The lowest BCUT2D eigenvalue weighted by Crippen LogP contribution is -2.23. The van der Waals surface area contributed by atoms with Crippen LogP contribution in [0.15, 0.2) is 81.2 Å². The number of amides is 1. The molecule has 0 unspecified atom stereocenters. The molecule has 1 amide bonds. The van der Waals surface area contributed by atoms with Crippen LogP contribution in [0.2, 0.25) is 5.02 Å². The standard InChI is InChI=1S/C24H17Br2ClN2O2/c25-21-11-18(10-19(13-28)24(30)29-14-16-4-2-1-3-5-16)12-22(26)23(21)31-15-17-6-8-20(27)9-7-17/h1-12H,14-15H2,(H,29,30)/b19-10-. The molecule has 0 spiro atoms. The van der Waals surface area contributed by atoms with Gasteiger partial charge in [0.15, 0.2) is 0 Å². The summed E-state index contributed by atoms with van der Waals surface area (Å²) in [6, 6.07) is 22.5. The van der Waals surface area contributed by atoms with Gasteiger partial charge >= 0.3 is 0 Å². The molecule has 3 aromatic carbocycles. The van der Waals surface area contributed by atoms with Crippen LogP contribution in [-0.2, 0) is 17.9 Å². The number of carbonyl (C=O) groups is 1. The second-order valence-electron chi connectivity index (χ2n) is 6.57. The Kier molecular flexibility index (Phi) is 8.30. The molecule has 0 saturated heterocycles. The SMILES string of the molecule is N#C/C(=C/c1cc(Br)c(OCc2ccc(Cl)cc2)c(Br)c1)C(=O)NCc1ccccc1. The van der Waals surface area contributed by atoms with Gasteiger partial charge in [0.25, 0.3) is 5.91 Å². The Labute approximate surface area is 202 Å². The molecule has 0 bridgehead atoms. The van der Waals surface area contributed by atoms with Gasteiger partial charge in [0, 0.05) is 11.6 Å². The zero-order valence-corrected chi connectivity index (χ0v) is 20.2. The lowest BCUT2D eigenvalue weighted by Gasteiger charge is -2.12. The van der Waals surface area contributed by atoms with Gasteiger partial charge in [0.1, 0.15) is 24.0 Å². The molecule has 0 atom stereocenters. The van der Waals surface area contributed by atoms with E-state index in [9.17, 15) is 10.1 Å². The van der Waals surface area contributed by atoms with Gasteiger partial charge in [-0.1, -0.05) is 54.1 Å². The summed E-state index contributed by atoms with van der Waals surface area (Å²) in [7, 11) is 0. The van der Waals surface area contributed by atoms with E-state index >= 15 is 0 Å². The molecule has 7 heteroatoms. The number of nitriles is 1. The van der Waals surface area contributed by atoms with Crippen molar-refractivity contribution in [2.24, 2.45) is 0 Å². The molecule has 0 fully saturated rings. The van der Waals surface area contributed by atoms with Gasteiger partial charge in [0.2, 0.25) is 0 Å². The van der Waals surface area contributed by atoms with Gasteiger partial charge in [-0.3, -0.25) is 4.79 Å². The maximum absolute atomic E-state index is 12.4. The molecular weight excluding hydrogens is 544 g/mol. The zero-order chi connectivity index (χ0) is 22.2. The van der Waals surface area contributed by atoms with Crippen molar-refractivity contribution in [2.45, 2.75) is 13.2 Å². The summed E-state index contributed by atoms with van der Waals surface area (Å²) in [5.41, 5.74) is 2.64. The monoisotopic (exact) mass is 558 g/mol. The number of nitrogens with zero attached hydrogens (tertiary/aromatic N) is 1. The molecule has 156 valence electrons. The molecule has 0 radical (unpaired) electrons.